The fourth-order valence-electron chi connectivity index (χ4n) is 4.63. The number of hydrogen-bond acceptors (Lipinski definition) is 4. The first-order valence-electron chi connectivity index (χ1n) is 9.02. The van der Waals surface area contributed by atoms with E-state index in [1.165, 1.54) is 4.90 Å². The van der Waals surface area contributed by atoms with Gasteiger partial charge in [0.25, 0.3) is 5.91 Å². The van der Waals surface area contributed by atoms with E-state index in [-0.39, 0.29) is 23.8 Å². The van der Waals surface area contributed by atoms with Gasteiger partial charge in [0.2, 0.25) is 5.91 Å². The number of carbonyl (C=O) groups excluding carboxylic acids is 3. The Hall–Kier alpha value is -2.31. The minimum atomic E-state index is -0.877. The molecule has 0 radical (unpaired) electrons. The summed E-state index contributed by atoms with van der Waals surface area (Å²) in [5.74, 6) is 0.407. The van der Waals surface area contributed by atoms with Crippen LogP contribution in [0.2, 0.25) is 0 Å². The van der Waals surface area contributed by atoms with Gasteiger partial charge in [-0.1, -0.05) is 20.8 Å². The number of nitrogens with zero attached hydrogens (tertiary/aromatic N) is 2. The summed E-state index contributed by atoms with van der Waals surface area (Å²) in [6, 6.07) is 3.05. The van der Waals surface area contributed by atoms with Crippen molar-refractivity contribution in [3.8, 4) is 0 Å². The molecule has 1 N–H and O–H groups in total. The van der Waals surface area contributed by atoms with Gasteiger partial charge >= 0.3 is 6.03 Å². The number of likely N-dealkylation sites (N-methyl/N-ethyl adjacent to an activating group) is 1. The Morgan fingerprint density at radius 1 is 1.38 bits per heavy atom. The van der Waals surface area contributed by atoms with Crippen molar-refractivity contribution in [2.24, 2.45) is 11.3 Å². The zero-order valence-electron chi connectivity index (χ0n) is 15.9. The highest BCUT2D eigenvalue weighted by atomic mass is 16.3. The molecule has 2 atom stereocenters. The van der Waals surface area contributed by atoms with Crippen LogP contribution in [-0.4, -0.2) is 46.8 Å². The largest absolute Gasteiger partial charge is 0.467 e. The Morgan fingerprint density at radius 3 is 2.73 bits per heavy atom. The van der Waals surface area contributed by atoms with Crippen LogP contribution in [0.4, 0.5) is 4.79 Å². The first-order chi connectivity index (χ1) is 12.1. The molecule has 0 aromatic carbocycles. The van der Waals surface area contributed by atoms with Gasteiger partial charge in [0, 0.05) is 7.05 Å². The zero-order chi connectivity index (χ0) is 19.1. The molecule has 2 aliphatic rings. The third-order valence-electron chi connectivity index (χ3n) is 5.32. The minimum absolute atomic E-state index is 0.0310. The maximum absolute atomic E-state index is 13.1. The van der Waals surface area contributed by atoms with Crippen LogP contribution in [0, 0.1) is 11.3 Å². The molecule has 2 unspecified atom stereocenters. The van der Waals surface area contributed by atoms with Gasteiger partial charge in [-0.3, -0.25) is 14.5 Å². The summed E-state index contributed by atoms with van der Waals surface area (Å²) >= 11 is 0. The van der Waals surface area contributed by atoms with Crippen molar-refractivity contribution in [2.45, 2.75) is 52.1 Å². The molecule has 1 aliphatic heterocycles. The molecule has 1 saturated carbocycles. The van der Waals surface area contributed by atoms with E-state index < -0.39 is 11.6 Å². The Morgan fingerprint density at radius 2 is 2.12 bits per heavy atom. The third kappa shape index (κ3) is 3.48. The summed E-state index contributed by atoms with van der Waals surface area (Å²) in [5.41, 5.74) is -0.908. The lowest BCUT2D eigenvalue weighted by atomic mass is 9.64. The van der Waals surface area contributed by atoms with Crippen LogP contribution in [0.1, 0.15) is 45.8 Å². The van der Waals surface area contributed by atoms with E-state index in [1.807, 2.05) is 0 Å². The van der Waals surface area contributed by atoms with Crippen LogP contribution < -0.4 is 5.32 Å². The van der Waals surface area contributed by atoms with Crippen molar-refractivity contribution in [3.63, 3.8) is 0 Å². The van der Waals surface area contributed by atoms with Gasteiger partial charge in [0.1, 0.15) is 17.8 Å². The number of imide groups is 1. The van der Waals surface area contributed by atoms with E-state index in [4.69, 9.17) is 4.42 Å². The SMILES string of the molecule is CC1CC(C)(C)CC2(C1)NC(=O)N(CC(=O)N(C)Cc1ccco1)C2=O. The Labute approximate surface area is 153 Å². The number of rotatable bonds is 4. The Kier molecular flexibility index (Phi) is 4.58. The average Bonchev–Trinajstić information content (AvgIpc) is 3.08. The van der Waals surface area contributed by atoms with Crippen molar-refractivity contribution < 1.29 is 18.8 Å². The summed E-state index contributed by atoms with van der Waals surface area (Å²) in [4.78, 5) is 40.5. The van der Waals surface area contributed by atoms with Crippen molar-refractivity contribution in [1.82, 2.24) is 15.1 Å². The van der Waals surface area contributed by atoms with Gasteiger partial charge in [-0.05, 0) is 42.7 Å². The molecule has 4 amide bonds. The van der Waals surface area contributed by atoms with Crippen LogP contribution in [0.25, 0.3) is 0 Å². The summed E-state index contributed by atoms with van der Waals surface area (Å²) in [6.07, 6.45) is 3.78. The normalized spacial score (nSPS) is 27.7. The van der Waals surface area contributed by atoms with Gasteiger partial charge in [0.05, 0.1) is 12.8 Å². The Bertz CT molecular complexity index is 712. The van der Waals surface area contributed by atoms with Crippen LogP contribution in [0.3, 0.4) is 0 Å². The van der Waals surface area contributed by atoms with E-state index in [0.717, 1.165) is 11.3 Å². The fraction of sp³-hybridized carbons (Fsp3) is 0.632. The quantitative estimate of drug-likeness (QED) is 0.835. The maximum atomic E-state index is 13.1. The maximum Gasteiger partial charge on any atom is 0.325 e. The molecule has 142 valence electrons. The van der Waals surface area contributed by atoms with Gasteiger partial charge in [-0.25, -0.2) is 4.79 Å². The van der Waals surface area contributed by atoms with E-state index in [9.17, 15) is 14.4 Å². The number of urea groups is 1. The second-order valence-electron chi connectivity index (χ2n) is 8.59. The molecule has 7 nitrogen and oxygen atoms in total. The lowest BCUT2D eigenvalue weighted by Gasteiger charge is -2.43. The van der Waals surface area contributed by atoms with Crippen LogP contribution in [0.15, 0.2) is 22.8 Å². The van der Waals surface area contributed by atoms with E-state index in [2.05, 4.69) is 26.1 Å². The second-order valence-corrected chi connectivity index (χ2v) is 8.59. The lowest BCUT2D eigenvalue weighted by molar-refractivity contribution is -0.140. The fourth-order valence-corrected chi connectivity index (χ4v) is 4.63. The summed E-state index contributed by atoms with van der Waals surface area (Å²) < 4.78 is 5.24. The molecule has 1 aromatic rings. The molecule has 1 spiro atoms. The molecule has 1 aromatic heterocycles. The van der Waals surface area contributed by atoms with Gasteiger partial charge in [0.15, 0.2) is 0 Å². The topological polar surface area (TPSA) is 82.9 Å². The van der Waals surface area contributed by atoms with Gasteiger partial charge < -0.3 is 14.6 Å². The summed E-state index contributed by atoms with van der Waals surface area (Å²) in [7, 11) is 1.63. The van der Waals surface area contributed by atoms with Crippen molar-refractivity contribution in [2.75, 3.05) is 13.6 Å². The highest BCUT2D eigenvalue weighted by molar-refractivity contribution is 6.09. The van der Waals surface area contributed by atoms with Crippen LogP contribution in [-0.2, 0) is 16.1 Å². The molecular formula is C19H27N3O4. The standard InChI is InChI=1S/C19H27N3O4/c1-13-8-18(2,3)12-19(9-13)16(24)22(17(25)20-19)11-15(23)21(4)10-14-6-5-7-26-14/h5-7,13H,8-12H2,1-4H3,(H,20,25). The monoisotopic (exact) mass is 361 g/mol. The predicted octanol–water partition coefficient (Wildman–Crippen LogP) is 2.37. The summed E-state index contributed by atoms with van der Waals surface area (Å²) in [6.45, 7) is 6.39. The highest BCUT2D eigenvalue weighted by Gasteiger charge is 2.56. The third-order valence-corrected chi connectivity index (χ3v) is 5.32. The minimum Gasteiger partial charge on any atom is -0.467 e. The number of furan rings is 1. The number of hydrogen-bond donors (Lipinski definition) is 1. The first kappa shape index (κ1) is 18.5. The van der Waals surface area contributed by atoms with Crippen LogP contribution >= 0.6 is 0 Å². The van der Waals surface area contributed by atoms with E-state index in [0.29, 0.717) is 31.1 Å². The van der Waals surface area contributed by atoms with Gasteiger partial charge in [-0.15, -0.1) is 0 Å². The molecule has 2 heterocycles. The molecule has 0 bridgehead atoms. The predicted molar refractivity (Wildman–Crippen MR) is 95.0 cm³/mol. The smallest absolute Gasteiger partial charge is 0.325 e. The second kappa shape index (κ2) is 6.45. The number of amides is 4. The van der Waals surface area contributed by atoms with E-state index in [1.54, 1.807) is 25.4 Å². The molecule has 7 heteroatoms. The molecule has 26 heavy (non-hydrogen) atoms. The molecule has 1 saturated heterocycles. The highest BCUT2D eigenvalue weighted by Crippen LogP contribution is 2.46. The van der Waals surface area contributed by atoms with E-state index >= 15 is 0 Å². The van der Waals surface area contributed by atoms with Crippen molar-refractivity contribution >= 4 is 17.8 Å². The van der Waals surface area contributed by atoms with Crippen molar-refractivity contribution in [1.29, 1.82) is 0 Å². The summed E-state index contributed by atoms with van der Waals surface area (Å²) in [5, 5.41) is 2.89. The van der Waals surface area contributed by atoms with Crippen molar-refractivity contribution in [3.05, 3.63) is 24.2 Å². The molecular weight excluding hydrogens is 334 g/mol. The zero-order valence-corrected chi connectivity index (χ0v) is 15.9. The number of carbonyl (C=O) groups is 3. The first-order valence-corrected chi connectivity index (χ1v) is 9.02. The number of nitrogens with one attached hydrogen (secondary N) is 1. The molecule has 2 fully saturated rings. The van der Waals surface area contributed by atoms with Gasteiger partial charge in [-0.2, -0.15) is 0 Å². The Balaban J connectivity index is 1.70. The average molecular weight is 361 g/mol. The lowest BCUT2D eigenvalue weighted by Crippen LogP contribution is -2.54. The van der Waals surface area contributed by atoms with Crippen LogP contribution in [0.5, 0.6) is 0 Å². The molecule has 1 aliphatic carbocycles. The molecule has 3 rings (SSSR count).